The summed E-state index contributed by atoms with van der Waals surface area (Å²) in [4.78, 5) is 0. The molecule has 0 spiro atoms. The van der Waals surface area contributed by atoms with Crippen LogP contribution in [0.25, 0.3) is 0 Å². The second-order valence-electron chi connectivity index (χ2n) is 2.67. The van der Waals surface area contributed by atoms with Crippen LogP contribution in [-0.2, 0) is 6.42 Å². The number of benzene rings is 1. The van der Waals surface area contributed by atoms with Crippen LogP contribution in [0.4, 0.5) is 0 Å². The van der Waals surface area contributed by atoms with Gasteiger partial charge in [-0.05, 0) is 24.1 Å². The Balaban J connectivity index is 2.81. The molecule has 0 bridgehead atoms. The third kappa shape index (κ3) is 2.68. The maximum absolute atomic E-state index is 5.87. The highest BCUT2D eigenvalue weighted by molar-refractivity contribution is 6.32. The quantitative estimate of drug-likeness (QED) is 0.673. The van der Waals surface area contributed by atoms with E-state index in [4.69, 9.17) is 22.8 Å². The Morgan fingerprint density at radius 2 is 2.31 bits per heavy atom. The topological polar surface area (TPSA) is 9.23 Å². The molecular formula is C11H11ClO. The molecule has 13 heavy (non-hydrogen) atoms. The largest absolute Gasteiger partial charge is 0.495 e. The molecule has 0 aliphatic heterocycles. The van der Waals surface area contributed by atoms with Gasteiger partial charge in [0.15, 0.2) is 0 Å². The standard InChI is InChI=1S/C11H11ClO/c1-3-4-5-9-6-7-10(12)11(8-9)13-2/h1,6-8H,4-5H2,2H3. The van der Waals surface area contributed by atoms with Crippen LogP contribution < -0.4 is 4.74 Å². The summed E-state index contributed by atoms with van der Waals surface area (Å²) >= 11 is 5.87. The van der Waals surface area contributed by atoms with Crippen LogP contribution in [0.5, 0.6) is 5.75 Å². The van der Waals surface area contributed by atoms with Crippen LogP contribution in [-0.4, -0.2) is 7.11 Å². The van der Waals surface area contributed by atoms with E-state index in [9.17, 15) is 0 Å². The second-order valence-corrected chi connectivity index (χ2v) is 3.08. The zero-order chi connectivity index (χ0) is 9.68. The smallest absolute Gasteiger partial charge is 0.137 e. The summed E-state index contributed by atoms with van der Waals surface area (Å²) < 4.78 is 5.08. The van der Waals surface area contributed by atoms with Crippen molar-refractivity contribution in [3.05, 3.63) is 28.8 Å². The number of ether oxygens (including phenoxy) is 1. The van der Waals surface area contributed by atoms with Gasteiger partial charge in [0, 0.05) is 6.42 Å². The lowest BCUT2D eigenvalue weighted by Gasteiger charge is -2.04. The lowest BCUT2D eigenvalue weighted by Crippen LogP contribution is -1.88. The molecule has 0 amide bonds. The molecule has 0 atom stereocenters. The third-order valence-corrected chi connectivity index (χ3v) is 2.09. The van der Waals surface area contributed by atoms with E-state index in [2.05, 4.69) is 5.92 Å². The molecule has 0 aliphatic rings. The van der Waals surface area contributed by atoms with Gasteiger partial charge in [0.2, 0.25) is 0 Å². The molecule has 1 rings (SSSR count). The highest BCUT2D eigenvalue weighted by atomic mass is 35.5. The molecular weight excluding hydrogens is 184 g/mol. The fourth-order valence-electron chi connectivity index (χ4n) is 1.08. The fraction of sp³-hybridized carbons (Fsp3) is 0.273. The molecule has 0 saturated heterocycles. The molecule has 1 nitrogen and oxygen atoms in total. The molecule has 0 saturated carbocycles. The summed E-state index contributed by atoms with van der Waals surface area (Å²) in [6, 6.07) is 5.70. The van der Waals surface area contributed by atoms with Crippen molar-refractivity contribution in [2.45, 2.75) is 12.8 Å². The first kappa shape index (κ1) is 9.95. The number of halogens is 1. The number of hydrogen-bond acceptors (Lipinski definition) is 1. The SMILES string of the molecule is C#CCCc1ccc(Cl)c(OC)c1. The van der Waals surface area contributed by atoms with Crippen LogP contribution in [0.15, 0.2) is 18.2 Å². The Hall–Kier alpha value is -1.13. The van der Waals surface area contributed by atoms with Gasteiger partial charge in [0.05, 0.1) is 12.1 Å². The number of terminal acetylenes is 1. The van der Waals surface area contributed by atoms with Crippen LogP contribution >= 0.6 is 11.6 Å². The number of rotatable bonds is 3. The lowest BCUT2D eigenvalue weighted by molar-refractivity contribution is 0.414. The number of hydrogen-bond donors (Lipinski definition) is 0. The monoisotopic (exact) mass is 194 g/mol. The molecule has 0 N–H and O–H groups in total. The molecule has 2 heteroatoms. The van der Waals surface area contributed by atoms with E-state index in [1.807, 2.05) is 18.2 Å². The molecule has 0 heterocycles. The van der Waals surface area contributed by atoms with E-state index < -0.39 is 0 Å². The molecule has 1 aromatic rings. The van der Waals surface area contributed by atoms with E-state index in [0.717, 1.165) is 18.4 Å². The molecule has 0 aromatic heterocycles. The number of methoxy groups -OCH3 is 1. The summed E-state index contributed by atoms with van der Waals surface area (Å²) in [5, 5.41) is 0.631. The summed E-state index contributed by atoms with van der Waals surface area (Å²) in [6.45, 7) is 0. The third-order valence-electron chi connectivity index (χ3n) is 1.77. The van der Waals surface area contributed by atoms with Gasteiger partial charge in [0.25, 0.3) is 0 Å². The molecule has 0 radical (unpaired) electrons. The highest BCUT2D eigenvalue weighted by Crippen LogP contribution is 2.25. The second kappa shape index (κ2) is 4.79. The van der Waals surface area contributed by atoms with Crippen LogP contribution in [0, 0.1) is 12.3 Å². The molecule has 0 aliphatic carbocycles. The average molecular weight is 195 g/mol. The van der Waals surface area contributed by atoms with Gasteiger partial charge in [-0.15, -0.1) is 12.3 Å². The Kier molecular flexibility index (Phi) is 3.67. The average Bonchev–Trinajstić information content (AvgIpc) is 2.16. The van der Waals surface area contributed by atoms with E-state index in [0.29, 0.717) is 10.8 Å². The van der Waals surface area contributed by atoms with Crippen molar-refractivity contribution in [1.29, 1.82) is 0 Å². The van der Waals surface area contributed by atoms with Crippen molar-refractivity contribution >= 4 is 11.6 Å². The Labute approximate surface area is 83.7 Å². The maximum Gasteiger partial charge on any atom is 0.137 e. The fourth-order valence-corrected chi connectivity index (χ4v) is 1.27. The first-order chi connectivity index (χ1) is 6.27. The van der Waals surface area contributed by atoms with Gasteiger partial charge in [-0.1, -0.05) is 17.7 Å². The van der Waals surface area contributed by atoms with Gasteiger partial charge >= 0.3 is 0 Å². The van der Waals surface area contributed by atoms with Gasteiger partial charge in [0.1, 0.15) is 5.75 Å². The Morgan fingerprint density at radius 1 is 1.54 bits per heavy atom. The zero-order valence-electron chi connectivity index (χ0n) is 7.51. The van der Waals surface area contributed by atoms with Gasteiger partial charge in [-0.3, -0.25) is 0 Å². The van der Waals surface area contributed by atoms with E-state index in [-0.39, 0.29) is 0 Å². The van der Waals surface area contributed by atoms with Gasteiger partial charge in [-0.25, -0.2) is 0 Å². The van der Waals surface area contributed by atoms with Crippen LogP contribution in [0.3, 0.4) is 0 Å². The zero-order valence-corrected chi connectivity index (χ0v) is 8.27. The van der Waals surface area contributed by atoms with Crippen molar-refractivity contribution in [2.24, 2.45) is 0 Å². The van der Waals surface area contributed by atoms with Gasteiger partial charge < -0.3 is 4.74 Å². The first-order valence-corrected chi connectivity index (χ1v) is 4.41. The lowest BCUT2D eigenvalue weighted by atomic mass is 10.1. The molecule has 68 valence electrons. The van der Waals surface area contributed by atoms with Gasteiger partial charge in [-0.2, -0.15) is 0 Å². The van der Waals surface area contributed by atoms with Crippen molar-refractivity contribution in [3.8, 4) is 18.1 Å². The minimum atomic E-state index is 0.631. The Bertz CT molecular complexity index is 325. The normalized spacial score (nSPS) is 9.31. The Morgan fingerprint density at radius 3 is 2.92 bits per heavy atom. The summed E-state index contributed by atoms with van der Waals surface area (Å²) in [6.07, 6.45) is 6.78. The summed E-state index contributed by atoms with van der Waals surface area (Å²) in [5.74, 6) is 3.30. The predicted octanol–water partition coefficient (Wildman–Crippen LogP) is 2.91. The van der Waals surface area contributed by atoms with E-state index in [1.54, 1.807) is 7.11 Å². The molecule has 1 aromatic carbocycles. The van der Waals surface area contributed by atoms with Crippen LogP contribution in [0.2, 0.25) is 5.02 Å². The molecule has 0 unspecified atom stereocenters. The molecule has 0 fully saturated rings. The number of aryl methyl sites for hydroxylation is 1. The minimum Gasteiger partial charge on any atom is -0.495 e. The van der Waals surface area contributed by atoms with Crippen LogP contribution in [0.1, 0.15) is 12.0 Å². The minimum absolute atomic E-state index is 0.631. The summed E-state index contributed by atoms with van der Waals surface area (Å²) in [5.41, 5.74) is 1.15. The van der Waals surface area contributed by atoms with Crippen molar-refractivity contribution in [3.63, 3.8) is 0 Å². The predicted molar refractivity (Wildman–Crippen MR) is 55.2 cm³/mol. The van der Waals surface area contributed by atoms with Crippen molar-refractivity contribution in [1.82, 2.24) is 0 Å². The van der Waals surface area contributed by atoms with E-state index >= 15 is 0 Å². The summed E-state index contributed by atoms with van der Waals surface area (Å²) in [7, 11) is 1.60. The van der Waals surface area contributed by atoms with Crippen molar-refractivity contribution in [2.75, 3.05) is 7.11 Å². The highest BCUT2D eigenvalue weighted by Gasteiger charge is 2.00. The maximum atomic E-state index is 5.87. The first-order valence-electron chi connectivity index (χ1n) is 4.04. The van der Waals surface area contributed by atoms with E-state index in [1.165, 1.54) is 0 Å². The van der Waals surface area contributed by atoms with Crippen molar-refractivity contribution < 1.29 is 4.74 Å².